The third-order valence-corrected chi connectivity index (χ3v) is 4.42. The van der Waals surface area contributed by atoms with E-state index in [4.69, 9.17) is 4.74 Å². The first kappa shape index (κ1) is 17.5. The Morgan fingerprint density at radius 3 is 2.61 bits per heavy atom. The minimum Gasteiger partial charge on any atom is -0.494 e. The first-order valence-corrected chi connectivity index (χ1v) is 8.25. The van der Waals surface area contributed by atoms with E-state index >= 15 is 0 Å². The summed E-state index contributed by atoms with van der Waals surface area (Å²) in [5.41, 5.74) is 0.675. The van der Waals surface area contributed by atoms with Gasteiger partial charge in [-0.1, -0.05) is 0 Å². The molecule has 5 heteroatoms. The van der Waals surface area contributed by atoms with Crippen molar-refractivity contribution < 1.29 is 14.3 Å². The Morgan fingerprint density at radius 2 is 1.96 bits per heavy atom. The zero-order chi connectivity index (χ0) is 16.8. The largest absolute Gasteiger partial charge is 0.494 e. The second-order valence-corrected chi connectivity index (χ2v) is 6.10. The number of amides is 1. The van der Waals surface area contributed by atoms with Gasteiger partial charge in [0.15, 0.2) is 5.78 Å². The Kier molecular flexibility index (Phi) is 6.16. The Hall–Kier alpha value is -1.88. The van der Waals surface area contributed by atoms with Crippen LogP contribution >= 0.6 is 0 Å². The number of nitrogens with zero attached hydrogens (tertiary/aromatic N) is 1. The quantitative estimate of drug-likeness (QED) is 0.646. The molecule has 0 radical (unpaired) electrons. The second-order valence-electron chi connectivity index (χ2n) is 6.10. The number of piperazine rings is 1. The number of carbonyl (C=O) groups excluding carboxylic acids is 2. The van der Waals surface area contributed by atoms with Crippen LogP contribution in [0.1, 0.15) is 44.0 Å². The van der Waals surface area contributed by atoms with E-state index in [2.05, 4.69) is 19.2 Å². The molecule has 1 aromatic rings. The van der Waals surface area contributed by atoms with Gasteiger partial charge in [0.25, 0.3) is 0 Å². The topological polar surface area (TPSA) is 58.6 Å². The lowest BCUT2D eigenvalue weighted by atomic mass is 10.1. The van der Waals surface area contributed by atoms with Crippen molar-refractivity contribution in [3.05, 3.63) is 29.8 Å². The van der Waals surface area contributed by atoms with Crippen molar-refractivity contribution in [1.82, 2.24) is 10.2 Å². The number of ketones is 1. The van der Waals surface area contributed by atoms with Crippen molar-refractivity contribution in [2.24, 2.45) is 0 Å². The molecule has 5 nitrogen and oxygen atoms in total. The van der Waals surface area contributed by atoms with Crippen molar-refractivity contribution in [2.75, 3.05) is 19.7 Å². The van der Waals surface area contributed by atoms with Gasteiger partial charge in [-0.2, -0.15) is 0 Å². The smallest absolute Gasteiger partial charge is 0.223 e. The minimum absolute atomic E-state index is 0.0431. The highest BCUT2D eigenvalue weighted by molar-refractivity contribution is 5.94. The van der Waals surface area contributed by atoms with Crippen molar-refractivity contribution in [2.45, 2.75) is 45.7 Å². The summed E-state index contributed by atoms with van der Waals surface area (Å²) in [5, 5.41) is 3.38. The molecular formula is C18H26N2O3. The molecule has 1 heterocycles. The number of benzene rings is 1. The fraction of sp³-hybridized carbons (Fsp3) is 0.556. The van der Waals surface area contributed by atoms with Gasteiger partial charge in [0.2, 0.25) is 5.91 Å². The summed E-state index contributed by atoms with van der Waals surface area (Å²) in [7, 11) is 0. The van der Waals surface area contributed by atoms with Gasteiger partial charge in [-0.05, 0) is 51.5 Å². The first-order chi connectivity index (χ1) is 11.0. The lowest BCUT2D eigenvalue weighted by molar-refractivity contribution is -0.135. The van der Waals surface area contributed by atoms with Crippen LogP contribution in [0.25, 0.3) is 0 Å². The molecule has 2 atom stereocenters. The van der Waals surface area contributed by atoms with Gasteiger partial charge in [-0.15, -0.1) is 0 Å². The Labute approximate surface area is 138 Å². The number of Topliss-reactive ketones (excluding diaryl/α,β-unsaturated/α-hetero) is 1. The lowest BCUT2D eigenvalue weighted by Crippen LogP contribution is -2.57. The van der Waals surface area contributed by atoms with Crippen LogP contribution in [0.5, 0.6) is 5.75 Å². The molecule has 0 saturated carbocycles. The maximum Gasteiger partial charge on any atom is 0.223 e. The average molecular weight is 318 g/mol. The van der Waals surface area contributed by atoms with E-state index in [0.29, 0.717) is 31.1 Å². The number of carbonyl (C=O) groups is 2. The standard InChI is InChI=1S/C18H26N2O3/c1-13-14(2)20(11-10-19-13)18(22)5-4-12-23-17-8-6-16(7-9-17)15(3)21/h6-9,13-14,19H,4-5,10-12H2,1-3H3. The Morgan fingerprint density at radius 1 is 1.26 bits per heavy atom. The van der Waals surface area contributed by atoms with Crippen LogP contribution in [0.15, 0.2) is 24.3 Å². The summed E-state index contributed by atoms with van der Waals surface area (Å²) < 4.78 is 5.63. The molecule has 1 fully saturated rings. The highest BCUT2D eigenvalue weighted by Crippen LogP contribution is 2.14. The van der Waals surface area contributed by atoms with E-state index in [-0.39, 0.29) is 17.7 Å². The van der Waals surface area contributed by atoms with Crippen LogP contribution in [0, 0.1) is 0 Å². The maximum atomic E-state index is 12.3. The molecule has 126 valence electrons. The average Bonchev–Trinajstić information content (AvgIpc) is 2.54. The number of nitrogens with one attached hydrogen (secondary N) is 1. The number of hydrogen-bond acceptors (Lipinski definition) is 4. The molecule has 2 unspecified atom stereocenters. The summed E-state index contributed by atoms with van der Waals surface area (Å²) in [4.78, 5) is 25.5. The molecule has 1 amide bonds. The molecule has 0 bridgehead atoms. The molecule has 1 N–H and O–H groups in total. The van der Waals surface area contributed by atoms with E-state index in [1.54, 1.807) is 31.2 Å². The minimum atomic E-state index is 0.0431. The summed E-state index contributed by atoms with van der Waals surface area (Å²) >= 11 is 0. The van der Waals surface area contributed by atoms with Gasteiger partial charge in [0.1, 0.15) is 5.75 Å². The SMILES string of the molecule is CC(=O)c1ccc(OCCCC(=O)N2CCNC(C)C2C)cc1. The maximum absolute atomic E-state index is 12.3. The highest BCUT2D eigenvalue weighted by atomic mass is 16.5. The molecule has 0 aromatic heterocycles. The van der Waals surface area contributed by atoms with Crippen molar-refractivity contribution in [3.63, 3.8) is 0 Å². The monoisotopic (exact) mass is 318 g/mol. The summed E-state index contributed by atoms with van der Waals surface area (Å²) in [5.74, 6) is 0.967. The summed E-state index contributed by atoms with van der Waals surface area (Å²) in [6, 6.07) is 7.66. The third kappa shape index (κ3) is 4.79. The van der Waals surface area contributed by atoms with Crippen LogP contribution in [-0.4, -0.2) is 48.4 Å². The van der Waals surface area contributed by atoms with Crippen LogP contribution in [-0.2, 0) is 4.79 Å². The molecule has 1 aliphatic heterocycles. The molecule has 1 aliphatic rings. The van der Waals surface area contributed by atoms with E-state index in [1.807, 2.05) is 4.90 Å². The molecule has 0 aliphatic carbocycles. The van der Waals surface area contributed by atoms with Crippen molar-refractivity contribution >= 4 is 11.7 Å². The van der Waals surface area contributed by atoms with E-state index in [1.165, 1.54) is 0 Å². The van der Waals surface area contributed by atoms with Crippen molar-refractivity contribution in [3.8, 4) is 5.75 Å². The van der Waals surface area contributed by atoms with Gasteiger partial charge in [0.05, 0.1) is 6.61 Å². The molecule has 1 aromatic carbocycles. The van der Waals surface area contributed by atoms with Gasteiger partial charge >= 0.3 is 0 Å². The highest BCUT2D eigenvalue weighted by Gasteiger charge is 2.27. The first-order valence-electron chi connectivity index (χ1n) is 8.25. The summed E-state index contributed by atoms with van der Waals surface area (Å²) in [6.45, 7) is 7.87. The van der Waals surface area contributed by atoms with Crippen molar-refractivity contribution in [1.29, 1.82) is 0 Å². The van der Waals surface area contributed by atoms with Crippen LogP contribution in [0.2, 0.25) is 0 Å². The zero-order valence-corrected chi connectivity index (χ0v) is 14.2. The Bertz CT molecular complexity index is 542. The predicted octanol–water partition coefficient (Wildman–Crippen LogP) is 2.26. The second kappa shape index (κ2) is 8.11. The van der Waals surface area contributed by atoms with Gasteiger partial charge in [-0.25, -0.2) is 0 Å². The molecule has 0 spiro atoms. The van der Waals surface area contributed by atoms with E-state index in [9.17, 15) is 9.59 Å². The lowest BCUT2D eigenvalue weighted by Gasteiger charge is -2.38. The Balaban J connectivity index is 1.72. The number of ether oxygens (including phenoxy) is 1. The molecule has 2 rings (SSSR count). The zero-order valence-electron chi connectivity index (χ0n) is 14.2. The van der Waals surface area contributed by atoms with Gasteiger partial charge in [0, 0.05) is 37.2 Å². The molecule has 1 saturated heterocycles. The van der Waals surface area contributed by atoms with Crippen LogP contribution in [0.3, 0.4) is 0 Å². The van der Waals surface area contributed by atoms with Crippen LogP contribution < -0.4 is 10.1 Å². The fourth-order valence-electron chi connectivity index (χ4n) is 2.75. The predicted molar refractivity (Wildman–Crippen MR) is 89.8 cm³/mol. The van der Waals surface area contributed by atoms with Crippen LogP contribution in [0.4, 0.5) is 0 Å². The van der Waals surface area contributed by atoms with Gasteiger partial charge < -0.3 is 15.0 Å². The number of hydrogen-bond donors (Lipinski definition) is 1. The third-order valence-electron chi connectivity index (χ3n) is 4.42. The molecular weight excluding hydrogens is 292 g/mol. The normalized spacial score (nSPS) is 21.1. The van der Waals surface area contributed by atoms with Gasteiger partial charge in [-0.3, -0.25) is 9.59 Å². The van der Waals surface area contributed by atoms with E-state index in [0.717, 1.165) is 18.8 Å². The van der Waals surface area contributed by atoms with E-state index < -0.39 is 0 Å². The number of rotatable bonds is 6. The summed E-state index contributed by atoms with van der Waals surface area (Å²) in [6.07, 6.45) is 1.20. The molecule has 23 heavy (non-hydrogen) atoms. The fourth-order valence-corrected chi connectivity index (χ4v) is 2.75.